The van der Waals surface area contributed by atoms with E-state index in [2.05, 4.69) is 20.9 Å². The van der Waals surface area contributed by atoms with Gasteiger partial charge in [0.25, 0.3) is 0 Å². The first-order valence-electron chi connectivity index (χ1n) is 9.02. The minimum Gasteiger partial charge on any atom is -0.387 e. The first kappa shape index (κ1) is 21.5. The predicted octanol–water partition coefficient (Wildman–Crippen LogP) is 4.59. The van der Waals surface area contributed by atoms with E-state index in [1.165, 1.54) is 23.5 Å². The van der Waals surface area contributed by atoms with Gasteiger partial charge in [-0.2, -0.15) is 0 Å². The molecule has 10 heteroatoms. The third kappa shape index (κ3) is 3.93. The van der Waals surface area contributed by atoms with Crippen molar-refractivity contribution < 1.29 is 8.42 Å². The molecule has 3 N–H and O–H groups in total. The van der Waals surface area contributed by atoms with E-state index in [0.717, 1.165) is 11.1 Å². The van der Waals surface area contributed by atoms with Gasteiger partial charge in [-0.1, -0.05) is 30.3 Å². The maximum absolute atomic E-state index is 13.5. The molecule has 1 unspecified atom stereocenters. The van der Waals surface area contributed by atoms with Crippen LogP contribution in [0.25, 0.3) is 11.0 Å². The van der Waals surface area contributed by atoms with Crippen molar-refractivity contribution in [1.29, 1.82) is 5.41 Å². The Labute approximate surface area is 191 Å². The van der Waals surface area contributed by atoms with Gasteiger partial charge in [0.1, 0.15) is 11.4 Å². The molecule has 1 aliphatic heterocycles. The number of amidine groups is 1. The Morgan fingerprint density at radius 3 is 2.77 bits per heavy atom. The molecule has 0 fully saturated rings. The lowest BCUT2D eigenvalue weighted by atomic mass is 10.2. The van der Waals surface area contributed by atoms with E-state index in [9.17, 15) is 8.42 Å². The number of allylic oxidation sites excluding steroid dienone is 1. The maximum atomic E-state index is 13.5. The zero-order chi connectivity index (χ0) is 21.5. The molecule has 0 saturated carbocycles. The third-order valence-electron chi connectivity index (χ3n) is 4.86. The highest BCUT2D eigenvalue weighted by Crippen LogP contribution is 2.47. The molecule has 0 saturated heterocycles. The molecule has 30 heavy (non-hydrogen) atoms. The Hall–Kier alpha value is -1.75. The first-order valence-corrected chi connectivity index (χ1v) is 13.4. The Kier molecular flexibility index (Phi) is 6.02. The highest BCUT2D eigenvalue weighted by Gasteiger charge is 2.35. The molecule has 0 radical (unpaired) electrons. The van der Waals surface area contributed by atoms with E-state index >= 15 is 0 Å². The SMILES string of the molecule is CSC1=C(S(=O)(=O)c2cc(Br)c3ncn(Cc4ccccc4)c3c2)CC(C(=N)N)S1. The van der Waals surface area contributed by atoms with Crippen molar-refractivity contribution in [2.24, 2.45) is 5.73 Å². The lowest BCUT2D eigenvalue weighted by Gasteiger charge is -2.10. The molecule has 0 aliphatic carbocycles. The molecule has 0 spiro atoms. The Morgan fingerprint density at radius 1 is 1.37 bits per heavy atom. The minimum atomic E-state index is -3.73. The second-order valence-electron chi connectivity index (χ2n) is 6.82. The van der Waals surface area contributed by atoms with Crippen LogP contribution in [-0.2, 0) is 16.4 Å². The van der Waals surface area contributed by atoms with E-state index in [0.29, 0.717) is 25.7 Å². The number of hydrogen-bond acceptors (Lipinski definition) is 6. The van der Waals surface area contributed by atoms with Crippen LogP contribution in [-0.4, -0.2) is 35.3 Å². The molecule has 4 rings (SSSR count). The molecule has 3 aromatic rings. The van der Waals surface area contributed by atoms with Gasteiger partial charge in [0.2, 0.25) is 9.84 Å². The molecule has 6 nitrogen and oxygen atoms in total. The van der Waals surface area contributed by atoms with Crippen molar-refractivity contribution in [3.63, 3.8) is 0 Å². The van der Waals surface area contributed by atoms with E-state index in [1.54, 1.807) is 18.5 Å². The lowest BCUT2D eigenvalue weighted by molar-refractivity contribution is 0.600. The van der Waals surface area contributed by atoms with Gasteiger partial charge in [0, 0.05) is 17.4 Å². The molecule has 2 heterocycles. The normalized spacial score (nSPS) is 17.1. The van der Waals surface area contributed by atoms with Gasteiger partial charge in [-0.05, 0) is 39.9 Å². The number of nitrogens with two attached hydrogens (primary N) is 1. The van der Waals surface area contributed by atoms with Gasteiger partial charge in [-0.25, -0.2) is 13.4 Å². The van der Waals surface area contributed by atoms with Gasteiger partial charge in [-0.3, -0.25) is 5.41 Å². The van der Waals surface area contributed by atoms with Crippen molar-refractivity contribution in [2.45, 2.75) is 23.1 Å². The fraction of sp³-hybridized carbons (Fsp3) is 0.200. The highest BCUT2D eigenvalue weighted by atomic mass is 79.9. The molecular weight excluding hydrogens is 504 g/mol. The number of hydrogen-bond donors (Lipinski definition) is 2. The summed E-state index contributed by atoms with van der Waals surface area (Å²) in [5, 5.41) is 7.38. The fourth-order valence-electron chi connectivity index (χ4n) is 3.34. The summed E-state index contributed by atoms with van der Waals surface area (Å²) in [5.41, 5.74) is 8.21. The number of benzene rings is 2. The van der Waals surface area contributed by atoms with Crippen LogP contribution in [0.1, 0.15) is 12.0 Å². The molecule has 156 valence electrons. The number of nitrogens with one attached hydrogen (secondary N) is 1. The fourth-order valence-corrected chi connectivity index (χ4v) is 8.53. The van der Waals surface area contributed by atoms with E-state index in [4.69, 9.17) is 11.1 Å². The quantitative estimate of drug-likeness (QED) is 0.362. The van der Waals surface area contributed by atoms with E-state index in [-0.39, 0.29) is 22.4 Å². The summed E-state index contributed by atoms with van der Waals surface area (Å²) < 4.78 is 30.3. The standard InChI is InChI=1S/C20H19BrN4O2S3/c1-28-20-17(9-16(29-20)19(22)23)30(26,27)13-7-14(21)18-15(8-13)25(11-24-18)10-12-5-3-2-4-6-12/h2-8,11,16H,9-10H2,1H3,(H3,22,23). The van der Waals surface area contributed by atoms with Gasteiger partial charge in [-0.15, -0.1) is 23.5 Å². The van der Waals surface area contributed by atoms with Crippen molar-refractivity contribution in [3.05, 3.63) is 68.0 Å². The predicted molar refractivity (Wildman–Crippen MR) is 129 cm³/mol. The van der Waals surface area contributed by atoms with Crippen LogP contribution in [0.4, 0.5) is 0 Å². The molecule has 1 aliphatic rings. The summed E-state index contributed by atoms with van der Waals surface area (Å²) in [6.07, 6.45) is 3.80. The summed E-state index contributed by atoms with van der Waals surface area (Å²) >= 11 is 6.22. The third-order valence-corrected chi connectivity index (χ3v) is 10.2. The first-order chi connectivity index (χ1) is 14.3. The lowest BCUT2D eigenvalue weighted by Crippen LogP contribution is -2.23. The van der Waals surface area contributed by atoms with Crippen LogP contribution in [0, 0.1) is 5.41 Å². The smallest absolute Gasteiger partial charge is 0.204 e. The number of aromatic nitrogens is 2. The van der Waals surface area contributed by atoms with Gasteiger partial charge in [0.05, 0.1) is 31.1 Å². The number of rotatable bonds is 6. The number of fused-ring (bicyclic) bond motifs is 1. The van der Waals surface area contributed by atoms with Crippen LogP contribution in [0.5, 0.6) is 0 Å². The topological polar surface area (TPSA) is 102 Å². The zero-order valence-corrected chi connectivity index (χ0v) is 20.0. The van der Waals surface area contributed by atoms with Crippen molar-refractivity contribution in [2.75, 3.05) is 6.26 Å². The van der Waals surface area contributed by atoms with Crippen molar-refractivity contribution >= 4 is 66.2 Å². The monoisotopic (exact) mass is 522 g/mol. The number of thioether (sulfide) groups is 2. The zero-order valence-electron chi connectivity index (χ0n) is 16.0. The largest absolute Gasteiger partial charge is 0.387 e. The molecule has 0 amide bonds. The number of halogens is 1. The maximum Gasteiger partial charge on any atom is 0.204 e. The van der Waals surface area contributed by atoms with Crippen LogP contribution >= 0.6 is 39.5 Å². The number of sulfone groups is 1. The molecule has 1 atom stereocenters. The van der Waals surface area contributed by atoms with Crippen molar-refractivity contribution in [3.8, 4) is 0 Å². The molecular formula is C20H19BrN4O2S3. The second kappa shape index (κ2) is 8.41. The van der Waals surface area contributed by atoms with Crippen molar-refractivity contribution in [1.82, 2.24) is 9.55 Å². The number of imidazole rings is 1. The second-order valence-corrected chi connectivity index (χ2v) is 11.9. The van der Waals surface area contributed by atoms with Crippen LogP contribution in [0.3, 0.4) is 0 Å². The minimum absolute atomic E-state index is 0.00526. The van der Waals surface area contributed by atoms with Crippen LogP contribution < -0.4 is 5.73 Å². The summed E-state index contributed by atoms with van der Waals surface area (Å²) in [7, 11) is -3.73. The Balaban J connectivity index is 1.79. The summed E-state index contributed by atoms with van der Waals surface area (Å²) in [6, 6.07) is 13.2. The molecule has 1 aromatic heterocycles. The summed E-state index contributed by atoms with van der Waals surface area (Å²) in [5.74, 6) is -0.00526. The molecule has 2 aromatic carbocycles. The van der Waals surface area contributed by atoms with E-state index in [1.807, 2.05) is 41.2 Å². The van der Waals surface area contributed by atoms with Gasteiger partial charge >= 0.3 is 0 Å². The average Bonchev–Trinajstić information content (AvgIpc) is 3.34. The van der Waals surface area contributed by atoms with Crippen LogP contribution in [0.15, 0.2) is 67.3 Å². The Morgan fingerprint density at radius 2 is 2.10 bits per heavy atom. The van der Waals surface area contributed by atoms with Gasteiger partial charge in [0.15, 0.2) is 0 Å². The summed E-state index contributed by atoms with van der Waals surface area (Å²) in [6.45, 7) is 0.592. The summed E-state index contributed by atoms with van der Waals surface area (Å²) in [4.78, 5) is 5.00. The Bertz CT molecular complexity index is 1270. The van der Waals surface area contributed by atoms with E-state index < -0.39 is 9.84 Å². The molecule has 0 bridgehead atoms. The number of nitrogens with zero attached hydrogens (tertiary/aromatic N) is 2. The van der Waals surface area contributed by atoms with Crippen LogP contribution in [0.2, 0.25) is 0 Å². The average molecular weight is 524 g/mol. The highest BCUT2D eigenvalue weighted by molar-refractivity contribution is 9.10. The van der Waals surface area contributed by atoms with Gasteiger partial charge < -0.3 is 10.3 Å².